The van der Waals surface area contributed by atoms with Gasteiger partial charge < -0.3 is 70.8 Å². The number of nitrogens with one attached hydrogen (secondary N) is 4. The second-order valence-electron chi connectivity index (χ2n) is 26.6. The first-order valence-corrected chi connectivity index (χ1v) is 36.7. The molecule has 3 unspecified atom stereocenters. The van der Waals surface area contributed by atoms with Crippen molar-refractivity contribution >= 4 is 81.1 Å². The molecule has 5 N–H and O–H groups in total. The fourth-order valence-electron chi connectivity index (χ4n) is 12.9. The minimum Gasteiger partial charge on any atom is -1.00 e. The number of halogens is 7. The Morgan fingerprint density at radius 2 is 0.991 bits per heavy atom. The number of ketones is 2. The van der Waals surface area contributed by atoms with E-state index in [9.17, 15) is 59.9 Å². The van der Waals surface area contributed by atoms with Crippen LogP contribution in [0.4, 0.5) is 43.8 Å². The normalized spacial score (nSPS) is 15.7. The van der Waals surface area contributed by atoms with Crippen molar-refractivity contribution in [2.45, 2.75) is 83.0 Å². The molecule has 0 aliphatic carbocycles. The van der Waals surface area contributed by atoms with Gasteiger partial charge in [-0.2, -0.15) is 26.3 Å². The summed E-state index contributed by atoms with van der Waals surface area (Å²) in [6, 6.07) is 38.1. The Kier molecular flexibility index (Phi) is 31.4. The van der Waals surface area contributed by atoms with Gasteiger partial charge in [-0.25, -0.2) is 19.9 Å². The first-order valence-electron chi connectivity index (χ1n) is 35.6. The van der Waals surface area contributed by atoms with E-state index >= 15 is 0 Å². The monoisotopic (exact) mass is 1720 g/mol. The molecule has 35 heteroatoms. The van der Waals surface area contributed by atoms with Crippen molar-refractivity contribution in [3.63, 3.8) is 0 Å². The van der Waals surface area contributed by atoms with E-state index in [0.717, 1.165) is 75.0 Å². The molecule has 0 saturated heterocycles. The van der Waals surface area contributed by atoms with E-state index in [-0.39, 0.29) is 165 Å². The summed E-state index contributed by atoms with van der Waals surface area (Å²) in [4.78, 5) is 113. The van der Waals surface area contributed by atoms with Gasteiger partial charge in [-0.15, -0.1) is 0 Å². The number of rotatable bonds is 16. The Hall–Kier alpha value is -9.77. The van der Waals surface area contributed by atoms with Gasteiger partial charge in [-0.3, -0.25) is 38.4 Å². The second kappa shape index (κ2) is 41.1. The minimum atomic E-state index is -4.59. The largest absolute Gasteiger partial charge is 1.00 e. The first-order chi connectivity index (χ1) is 55.2. The summed E-state index contributed by atoms with van der Waals surface area (Å²) >= 11 is 3.13. The summed E-state index contributed by atoms with van der Waals surface area (Å²) in [5.41, 5.74) is 5.90. The predicted octanol–water partition coefficient (Wildman–Crippen LogP) is 8.16. The van der Waals surface area contributed by atoms with Crippen LogP contribution in [0.5, 0.6) is 51.7 Å². The van der Waals surface area contributed by atoms with Crippen LogP contribution < -0.4 is 152 Å². The van der Waals surface area contributed by atoms with Gasteiger partial charge in [0, 0.05) is 71.2 Å². The summed E-state index contributed by atoms with van der Waals surface area (Å²) in [6.07, 6.45) is 1.25. The van der Waals surface area contributed by atoms with Crippen LogP contribution in [0.1, 0.15) is 103 Å². The standard InChI is InChI=1S/C27H21F3N4O3.C27H21F3N2O6.C18H16N2O5.C9H9BrO.CH2O3.2K.H/c28-27(29,30)18-3-1-2-15(11-18)21-13-32-25(33-21)17-10-16-12-19(4-6-22(16)36-14-17)37-23-8-9-31-26-20(23)5-7-24(35)34-26;28-27(29,30)18-3-1-2-15(11-18)21(33)14-37-26(35)17-10-16-12-19(4-6-22(16)36-13-17)38-23-8-9-31-25-20(23)5-7-24(34)32-25;21-16-4-2-13-15(5-6-19-17(13)20-16)25-12-1-3-14-10(8-12)7-11(9-24-14)18(22)23;1-7-3-2-4-8(5-7)9(11)6-10;2-1-4-3;;;/h1-4,6,8-9,11-13,17H,5,7,10,14H2,(H,32,33)(H,31,34,35);1-4,6,8-9,11-12,17H,5,7,10,13-14H2,(H,31,32,34);1,3,5-6,8,11H,2,4,7,9H2,(H,22,23)(H,19,20,21);2-5H,6H2,1H3;1,3H;;;/q;;;;;2*+1;-1/p-1. The Morgan fingerprint density at radius 1 is 0.556 bits per heavy atom. The Balaban J connectivity index is 0.000000186. The topological polar surface area (TPSA) is 357 Å². The third kappa shape index (κ3) is 23.8. The third-order valence-corrected chi connectivity index (χ3v) is 19.1. The van der Waals surface area contributed by atoms with Crippen molar-refractivity contribution in [3.8, 4) is 63.0 Å². The van der Waals surface area contributed by atoms with Crippen LogP contribution in [0.2, 0.25) is 0 Å². The molecule has 26 nitrogen and oxygen atoms in total. The maximum atomic E-state index is 13.1. The van der Waals surface area contributed by atoms with Crippen molar-refractivity contribution in [3.05, 3.63) is 237 Å². The van der Waals surface area contributed by atoms with Crippen LogP contribution in [-0.4, -0.2) is 109 Å². The van der Waals surface area contributed by atoms with E-state index in [1.807, 2.05) is 49.4 Å². The number of hydrogen-bond donors (Lipinski definition) is 5. The average Bonchev–Trinajstić information content (AvgIpc) is 1.15. The number of carbonyl (C=O) groups is 8. The molecule has 10 heterocycles. The number of aryl methyl sites for hydroxylation is 1. The number of carboxylic acid groups (broad SMARTS) is 1. The van der Waals surface area contributed by atoms with Gasteiger partial charge in [0.15, 0.2) is 18.2 Å². The molecule has 6 aliphatic heterocycles. The molecule has 4 aromatic heterocycles. The van der Waals surface area contributed by atoms with Crippen molar-refractivity contribution in [1.82, 2.24) is 24.9 Å². The fourth-order valence-corrected chi connectivity index (χ4v) is 13.2. The van der Waals surface area contributed by atoms with E-state index in [2.05, 4.69) is 61.7 Å². The summed E-state index contributed by atoms with van der Waals surface area (Å²) in [5.74, 6) is 3.93. The molecular formula is C82H69BrF6K2N8O18. The molecule has 3 amide bonds. The zero-order valence-electron chi connectivity index (χ0n) is 63.7. The van der Waals surface area contributed by atoms with Crippen LogP contribution >= 0.6 is 15.9 Å². The smallest absolute Gasteiger partial charge is 1.00 e. The second-order valence-corrected chi connectivity index (χ2v) is 27.2. The van der Waals surface area contributed by atoms with E-state index in [1.54, 1.807) is 79.3 Å². The molecule has 0 saturated carbocycles. The minimum absolute atomic E-state index is 0. The Labute approximate surface area is 758 Å². The van der Waals surface area contributed by atoms with Crippen molar-refractivity contribution in [1.29, 1.82) is 0 Å². The van der Waals surface area contributed by atoms with Gasteiger partial charge in [0.1, 0.15) is 88.2 Å². The summed E-state index contributed by atoms with van der Waals surface area (Å²) < 4.78 is 119. The number of alkyl halides is 7. The van der Waals surface area contributed by atoms with Crippen molar-refractivity contribution in [2.24, 2.45) is 11.8 Å². The SMILES string of the molecule is Cc1cccc(C(=O)CBr)c1.O=C1CCc2c(Oc3ccc4c(c3)CC(C(=O)O)CO4)ccnc2N1.O=C1CCc2c(Oc3ccc4c(c3)CC(C(=O)OCC(=O)c3cccc(C(F)(F)F)c3)CO4)ccnc2N1.O=C1CCc2c(Oc3ccc4c(c3)CC(c3ncc(-c5cccc(C(F)(F)F)c5)[nH]3)CO4)ccnc2N1.O=CO[O-].[H-].[K+].[K+]. The van der Waals surface area contributed by atoms with Crippen LogP contribution in [0.15, 0.2) is 170 Å². The van der Waals surface area contributed by atoms with E-state index < -0.39 is 59.6 Å². The number of H-pyrrole nitrogens is 1. The number of fused-ring (bicyclic) bond motifs is 6. The maximum absolute atomic E-state index is 13.1. The number of anilines is 3. The maximum Gasteiger partial charge on any atom is 1.00 e. The van der Waals surface area contributed by atoms with Gasteiger partial charge in [0.05, 0.1) is 52.7 Å². The van der Waals surface area contributed by atoms with E-state index in [1.165, 1.54) is 18.3 Å². The van der Waals surface area contributed by atoms with Gasteiger partial charge in [0.25, 0.3) is 6.47 Å². The number of pyridine rings is 3. The number of amides is 3. The molecule has 117 heavy (non-hydrogen) atoms. The Bertz CT molecular complexity index is 5360. The zero-order valence-corrected chi connectivity index (χ0v) is 70.5. The number of carboxylic acids is 1. The number of carbonyl (C=O) groups excluding carboxylic acids is 7. The summed E-state index contributed by atoms with van der Waals surface area (Å²) in [7, 11) is 0. The molecule has 0 radical (unpaired) electrons. The quantitative estimate of drug-likeness (QED) is 0.00889. The first kappa shape index (κ1) is 89.6. The molecule has 596 valence electrons. The average molecular weight is 1730 g/mol. The number of ether oxygens (including phenoxy) is 7. The number of aliphatic carboxylic acids is 1. The number of benzene rings is 6. The van der Waals surface area contributed by atoms with Crippen LogP contribution in [0.25, 0.3) is 11.3 Å². The molecule has 3 atom stereocenters. The zero-order chi connectivity index (χ0) is 81.5. The third-order valence-electron chi connectivity index (χ3n) is 18.6. The molecule has 16 rings (SSSR count). The van der Waals surface area contributed by atoms with E-state index in [0.29, 0.717) is 149 Å². The molecule has 10 aromatic rings. The molecule has 0 spiro atoms. The van der Waals surface area contributed by atoms with E-state index in [4.69, 9.17) is 48.3 Å². The molecular weight excluding hydrogens is 1660 g/mol. The van der Waals surface area contributed by atoms with Crippen LogP contribution in [0, 0.1) is 18.8 Å². The van der Waals surface area contributed by atoms with Crippen molar-refractivity contribution < 1.29 is 217 Å². The number of aromatic nitrogens is 5. The number of esters is 1. The van der Waals surface area contributed by atoms with Gasteiger partial charge in [0.2, 0.25) is 17.7 Å². The fraction of sp³-hybridized carbons (Fsp3) is 0.244. The molecule has 0 bridgehead atoms. The number of aromatic amines is 1. The van der Waals surface area contributed by atoms with Gasteiger partial charge >= 0.3 is 127 Å². The summed E-state index contributed by atoms with van der Waals surface area (Å²) in [6.45, 7) is 1.71. The Morgan fingerprint density at radius 3 is 1.45 bits per heavy atom. The van der Waals surface area contributed by atoms with Crippen LogP contribution in [-0.2, 0) is 89.3 Å². The summed E-state index contributed by atoms with van der Waals surface area (Å²) in [5, 5.41) is 26.2. The van der Waals surface area contributed by atoms with Crippen molar-refractivity contribution in [2.75, 3.05) is 47.7 Å². The molecule has 0 fully saturated rings. The van der Waals surface area contributed by atoms with Gasteiger partial charge in [-0.1, -0.05) is 64.0 Å². The molecule has 6 aliphatic rings. The van der Waals surface area contributed by atoms with Crippen LogP contribution in [0.3, 0.4) is 0 Å². The number of imidazole rings is 1. The predicted molar refractivity (Wildman–Crippen MR) is 401 cm³/mol. The van der Waals surface area contributed by atoms with Gasteiger partial charge in [-0.05, 0) is 165 Å². The number of hydrogen-bond acceptors (Lipinski definition) is 21. The number of Topliss-reactive ketones (excluding diaryl/α,β-unsaturated/α-hetero) is 2. The molecule has 6 aromatic carbocycles. The number of nitrogens with zero attached hydrogens (tertiary/aromatic N) is 4.